The van der Waals surface area contributed by atoms with Crippen LogP contribution in [0.5, 0.6) is 6.01 Å². The zero-order valence-electron chi connectivity index (χ0n) is 40.6. The molecule has 75 heavy (non-hydrogen) atoms. The highest BCUT2D eigenvalue weighted by Gasteiger charge is 2.35. The molecule has 9 rings (SSSR count). The summed E-state index contributed by atoms with van der Waals surface area (Å²) in [7, 11) is -3.83. The highest BCUT2D eigenvalue weighted by atomic mass is 79.9. The number of carbonyl (C=O) groups excluding carboxylic acids is 2. The number of anilines is 6. The molecule has 4 aromatic carbocycles. The Kier molecular flexibility index (Phi) is 16.4. The molecule has 0 unspecified atom stereocenters. The molecule has 3 aliphatic rings. The minimum Gasteiger partial charge on any atom is -0.462 e. The monoisotopic (exact) mass is 1120 g/mol. The van der Waals surface area contributed by atoms with E-state index in [1.807, 2.05) is 35.2 Å². The third-order valence-electron chi connectivity index (χ3n) is 13.5. The van der Waals surface area contributed by atoms with Gasteiger partial charge in [-0.25, -0.2) is 26.9 Å². The van der Waals surface area contributed by atoms with Gasteiger partial charge in [0.2, 0.25) is 16.0 Å². The fourth-order valence-corrected chi connectivity index (χ4v) is 11.5. The number of hydrogen-bond acceptors (Lipinski definition) is 15. The van der Waals surface area contributed by atoms with Crippen LogP contribution in [-0.4, -0.2) is 114 Å². The van der Waals surface area contributed by atoms with Gasteiger partial charge in [-0.3, -0.25) is 14.5 Å². The van der Waals surface area contributed by atoms with Gasteiger partial charge in [-0.15, -0.1) is 0 Å². The standard InChI is InChI=1S/C52H53BrClF2N13O5S/c1-32(55)50(71)69-27-26-68(29-35(69)19-21-57)49-38-20-25-67(44-14-5-9-33-8-4-11-40(54)45(33)44)30-43(38)63-52(65-49)74-31-36-10-7-24-66(36)23-3-2-22-60-75(72,73)37-17-15-34(16-18-37)61-51-59-28-39(53)48(64-51)62-42-13-6-12-41(56)46(42)47(58)70/h4-6,8-9,11-18,28,35-36,60H,1-3,7,10,19-20,22-27,29-31H2,(H2,58,70)(H2,59,61,62,64)/t35-,36-/m0/s1. The number of piperazine rings is 1. The average molecular weight is 1130 g/mol. The van der Waals surface area contributed by atoms with Crippen LogP contribution in [0.2, 0.25) is 5.02 Å². The molecule has 23 heteroatoms. The van der Waals surface area contributed by atoms with Crippen molar-refractivity contribution in [3.63, 3.8) is 0 Å². The zero-order chi connectivity index (χ0) is 52.8. The number of halogens is 4. The van der Waals surface area contributed by atoms with Crippen LogP contribution in [0.3, 0.4) is 0 Å². The van der Waals surface area contributed by atoms with E-state index < -0.39 is 39.5 Å². The maximum Gasteiger partial charge on any atom is 0.318 e. The molecule has 5 heterocycles. The molecule has 0 saturated carbocycles. The van der Waals surface area contributed by atoms with E-state index in [0.717, 1.165) is 66.1 Å². The van der Waals surface area contributed by atoms with Crippen LogP contribution in [-0.2, 0) is 27.8 Å². The summed E-state index contributed by atoms with van der Waals surface area (Å²) in [6, 6.07) is 24.0. The number of nitrogens with two attached hydrogens (primary N) is 1. The zero-order valence-corrected chi connectivity index (χ0v) is 43.8. The van der Waals surface area contributed by atoms with Crippen LogP contribution < -0.4 is 35.6 Å². The predicted octanol–water partition coefficient (Wildman–Crippen LogP) is 8.14. The number of unbranched alkanes of at least 4 members (excludes halogenated alkanes) is 1. The Balaban J connectivity index is 0.811. The smallest absolute Gasteiger partial charge is 0.318 e. The number of nitrogens with zero attached hydrogens (tertiary/aromatic N) is 9. The fourth-order valence-electron chi connectivity index (χ4n) is 9.86. The normalized spacial score (nSPS) is 16.9. The number of nitriles is 1. The highest BCUT2D eigenvalue weighted by molar-refractivity contribution is 9.10. The summed E-state index contributed by atoms with van der Waals surface area (Å²) in [5.74, 6) is -2.57. The van der Waals surface area contributed by atoms with Gasteiger partial charge in [0.05, 0.1) is 56.4 Å². The summed E-state index contributed by atoms with van der Waals surface area (Å²) < 4.78 is 64.7. The number of rotatable bonds is 19. The van der Waals surface area contributed by atoms with Crippen molar-refractivity contribution in [2.24, 2.45) is 5.73 Å². The quantitative estimate of drug-likeness (QED) is 0.0443. The number of benzene rings is 4. The maximum absolute atomic E-state index is 14.4. The number of hydrogen-bond donors (Lipinski definition) is 4. The summed E-state index contributed by atoms with van der Waals surface area (Å²) >= 11 is 10.1. The van der Waals surface area contributed by atoms with E-state index in [0.29, 0.717) is 60.1 Å². The first-order valence-electron chi connectivity index (χ1n) is 24.4. The van der Waals surface area contributed by atoms with Crippen molar-refractivity contribution in [1.29, 1.82) is 5.26 Å². The summed E-state index contributed by atoms with van der Waals surface area (Å²) in [6.45, 7) is 7.29. The third kappa shape index (κ3) is 12.1. The van der Waals surface area contributed by atoms with E-state index >= 15 is 0 Å². The average Bonchev–Trinajstić information content (AvgIpc) is 3.85. The molecule has 0 radical (unpaired) electrons. The Labute approximate surface area is 446 Å². The second-order valence-electron chi connectivity index (χ2n) is 18.3. The first-order valence-corrected chi connectivity index (χ1v) is 27.0. The first kappa shape index (κ1) is 52.8. The van der Waals surface area contributed by atoms with Gasteiger partial charge in [-0.2, -0.15) is 20.2 Å². The molecule has 6 aromatic rings. The van der Waals surface area contributed by atoms with E-state index in [4.69, 9.17) is 32.0 Å². The van der Waals surface area contributed by atoms with Gasteiger partial charge in [-0.1, -0.05) is 48.5 Å². The number of sulfonamides is 1. The van der Waals surface area contributed by atoms with Crippen LogP contribution in [0.15, 0.2) is 107 Å². The van der Waals surface area contributed by atoms with E-state index in [9.17, 15) is 32.0 Å². The lowest BCUT2D eigenvalue weighted by Crippen LogP contribution is -2.55. The molecule has 0 bridgehead atoms. The SMILES string of the molecule is C=C(F)C(=O)N1CCN(c2nc(OC[C@@H]3CCCN3CCCCNS(=O)(=O)c3ccc(Nc4ncc(Br)c(Nc5cccc(F)c5C(N)=O)n4)cc3)nc3c2CCN(c2cccc4cccc(Cl)c24)C3)C[C@@H]1CC#N. The molecule has 2 amide bonds. The Morgan fingerprint density at radius 3 is 2.52 bits per heavy atom. The van der Waals surface area contributed by atoms with Gasteiger partial charge >= 0.3 is 6.01 Å². The van der Waals surface area contributed by atoms with Crippen LogP contribution >= 0.6 is 27.5 Å². The van der Waals surface area contributed by atoms with Crippen molar-refractivity contribution in [3.05, 3.63) is 130 Å². The van der Waals surface area contributed by atoms with Gasteiger partial charge in [0, 0.05) is 67.3 Å². The summed E-state index contributed by atoms with van der Waals surface area (Å²) in [5, 5.41) is 18.3. The van der Waals surface area contributed by atoms with Crippen LogP contribution in [0, 0.1) is 17.1 Å². The first-order chi connectivity index (χ1) is 36.2. The Morgan fingerprint density at radius 1 is 0.960 bits per heavy atom. The van der Waals surface area contributed by atoms with Gasteiger partial charge in [0.1, 0.15) is 24.1 Å². The lowest BCUT2D eigenvalue weighted by Gasteiger charge is -2.42. The van der Waals surface area contributed by atoms with Crippen molar-refractivity contribution < 1.29 is 31.5 Å². The Hall–Kier alpha value is -7.03. The summed E-state index contributed by atoms with van der Waals surface area (Å²) in [6.07, 6.45) is 5.28. The van der Waals surface area contributed by atoms with Crippen molar-refractivity contribution in [2.45, 2.75) is 62.0 Å². The molecule has 2 atom stereocenters. The van der Waals surface area contributed by atoms with Crippen LogP contribution in [0.4, 0.5) is 43.4 Å². The van der Waals surface area contributed by atoms with Gasteiger partial charge < -0.3 is 35.8 Å². The Bertz CT molecular complexity index is 3290. The van der Waals surface area contributed by atoms with Crippen LogP contribution in [0.1, 0.15) is 53.7 Å². The second kappa shape index (κ2) is 23.2. The fraction of sp³-hybridized carbons (Fsp3) is 0.327. The molecule has 2 aromatic heterocycles. The van der Waals surface area contributed by atoms with E-state index in [1.54, 1.807) is 12.1 Å². The summed E-state index contributed by atoms with van der Waals surface area (Å²) in [5.41, 5.74) is 8.43. The molecule has 5 N–H and O–H groups in total. The summed E-state index contributed by atoms with van der Waals surface area (Å²) in [4.78, 5) is 51.5. The molecule has 2 saturated heterocycles. The number of amides is 2. The molecule has 390 valence electrons. The van der Waals surface area contributed by atoms with E-state index in [1.165, 1.54) is 35.4 Å². The number of ether oxygens (including phenoxy) is 1. The molecule has 18 nitrogen and oxygen atoms in total. The maximum atomic E-state index is 14.4. The number of carbonyl (C=O) groups is 2. The van der Waals surface area contributed by atoms with Crippen molar-refractivity contribution in [3.8, 4) is 12.1 Å². The molecule has 0 spiro atoms. The number of likely N-dealkylation sites (tertiary alicyclic amines) is 1. The topological polar surface area (TPSA) is 228 Å². The van der Waals surface area contributed by atoms with E-state index in [-0.39, 0.29) is 66.0 Å². The number of aromatic nitrogens is 4. The van der Waals surface area contributed by atoms with Crippen molar-refractivity contribution in [2.75, 3.05) is 72.9 Å². The molecule has 0 aliphatic carbocycles. The minimum absolute atomic E-state index is 0.00979. The second-order valence-corrected chi connectivity index (χ2v) is 21.4. The molecular formula is C52H53BrClF2N13O5S. The largest absolute Gasteiger partial charge is 0.462 e. The van der Waals surface area contributed by atoms with Gasteiger partial charge in [0.25, 0.3) is 11.8 Å². The number of primary amides is 1. The van der Waals surface area contributed by atoms with E-state index in [2.05, 4.69) is 69.8 Å². The molecule has 2 fully saturated rings. The van der Waals surface area contributed by atoms with Gasteiger partial charge in [-0.05, 0) is 115 Å². The number of nitrogens with one attached hydrogen (secondary N) is 3. The predicted molar refractivity (Wildman–Crippen MR) is 286 cm³/mol. The van der Waals surface area contributed by atoms with Crippen molar-refractivity contribution in [1.82, 2.24) is 34.5 Å². The van der Waals surface area contributed by atoms with Crippen LogP contribution in [0.25, 0.3) is 10.8 Å². The third-order valence-corrected chi connectivity index (χ3v) is 15.9. The number of fused-ring (bicyclic) bond motifs is 2. The van der Waals surface area contributed by atoms with Crippen molar-refractivity contribution >= 4 is 94.8 Å². The molecule has 3 aliphatic heterocycles. The van der Waals surface area contributed by atoms with Gasteiger partial charge in [0.15, 0.2) is 5.83 Å². The Morgan fingerprint density at radius 2 is 1.75 bits per heavy atom. The lowest BCUT2D eigenvalue weighted by molar-refractivity contribution is -0.131. The highest BCUT2D eigenvalue weighted by Crippen LogP contribution is 2.38. The lowest BCUT2D eigenvalue weighted by atomic mass is 10.0. The molecular weight excluding hydrogens is 1070 g/mol. The minimum atomic E-state index is -3.83.